The Morgan fingerprint density at radius 2 is 1.73 bits per heavy atom. The molecule has 0 unspecified atom stereocenters. The lowest BCUT2D eigenvalue weighted by Crippen LogP contribution is -2.39. The molecule has 6 heteroatoms. The van der Waals surface area contributed by atoms with Crippen LogP contribution in [-0.2, 0) is 0 Å². The summed E-state index contributed by atoms with van der Waals surface area (Å²) < 4.78 is 19.6. The number of amides is 2. The van der Waals surface area contributed by atoms with Crippen LogP contribution in [0.25, 0.3) is 0 Å². The van der Waals surface area contributed by atoms with Crippen LogP contribution in [0.5, 0.6) is 5.75 Å². The Hall–Kier alpha value is -2.89. The van der Waals surface area contributed by atoms with E-state index in [2.05, 4.69) is 5.32 Å². The van der Waals surface area contributed by atoms with Crippen LogP contribution in [0.4, 0.5) is 4.39 Å². The molecule has 2 aromatic rings. The van der Waals surface area contributed by atoms with E-state index in [1.165, 1.54) is 6.07 Å². The fraction of sp³-hybridized carbons (Fsp3) is 0.417. The number of hydrogen-bond donors (Lipinski definition) is 1. The van der Waals surface area contributed by atoms with Crippen molar-refractivity contribution in [3.8, 4) is 5.75 Å². The molecule has 1 heterocycles. The van der Waals surface area contributed by atoms with Crippen molar-refractivity contribution in [3.05, 3.63) is 65.0 Å². The van der Waals surface area contributed by atoms with Crippen molar-refractivity contribution in [1.29, 1.82) is 0 Å². The maximum Gasteiger partial charge on any atom is 0.253 e. The zero-order valence-electron chi connectivity index (χ0n) is 17.8. The summed E-state index contributed by atoms with van der Waals surface area (Å²) in [5.74, 6) is 0.514. The van der Waals surface area contributed by atoms with Gasteiger partial charge >= 0.3 is 0 Å². The summed E-state index contributed by atoms with van der Waals surface area (Å²) in [6.07, 6.45) is 1.68. The van der Waals surface area contributed by atoms with Crippen molar-refractivity contribution in [2.75, 3.05) is 19.7 Å². The Labute approximate surface area is 177 Å². The first-order chi connectivity index (χ1) is 14.3. The minimum Gasteiger partial charge on any atom is -0.493 e. The summed E-state index contributed by atoms with van der Waals surface area (Å²) in [5, 5.41) is 2.86. The third kappa shape index (κ3) is 5.59. The van der Waals surface area contributed by atoms with Crippen LogP contribution in [0.1, 0.15) is 53.0 Å². The van der Waals surface area contributed by atoms with Gasteiger partial charge in [-0.1, -0.05) is 6.07 Å². The molecule has 1 fully saturated rings. The highest BCUT2D eigenvalue weighted by Gasteiger charge is 2.24. The molecule has 0 atom stereocenters. The lowest BCUT2D eigenvalue weighted by Gasteiger charge is -2.32. The monoisotopic (exact) mass is 412 g/mol. The number of carbonyl (C=O) groups is 2. The molecule has 0 saturated carbocycles. The molecular weight excluding hydrogens is 383 g/mol. The summed E-state index contributed by atoms with van der Waals surface area (Å²) in [6, 6.07) is 11.9. The van der Waals surface area contributed by atoms with E-state index in [1.54, 1.807) is 48.2 Å². The zero-order valence-corrected chi connectivity index (χ0v) is 17.8. The van der Waals surface area contributed by atoms with Crippen LogP contribution >= 0.6 is 0 Å². The number of carbonyl (C=O) groups excluding carboxylic acids is 2. The summed E-state index contributed by atoms with van der Waals surface area (Å²) in [7, 11) is 0. The minimum absolute atomic E-state index is 0.0937. The van der Waals surface area contributed by atoms with Crippen LogP contribution in [0.15, 0.2) is 42.5 Å². The Kier molecular flexibility index (Phi) is 7.08. The van der Waals surface area contributed by atoms with Gasteiger partial charge in [-0.3, -0.25) is 9.59 Å². The zero-order chi connectivity index (χ0) is 21.7. The molecular formula is C24H29FN2O3. The van der Waals surface area contributed by atoms with Gasteiger partial charge in [0.15, 0.2) is 0 Å². The number of likely N-dealkylation sites (tertiary alicyclic amines) is 1. The van der Waals surface area contributed by atoms with Crippen molar-refractivity contribution < 1.29 is 18.7 Å². The highest BCUT2D eigenvalue weighted by atomic mass is 19.1. The normalized spacial score (nSPS) is 14.6. The molecule has 1 saturated heterocycles. The SMILES string of the molecule is Cc1ccc(C(=O)N2CCC(COc3ccc(C(=O)NC(C)C)cc3)CC2)cc1F. The van der Waals surface area contributed by atoms with Crippen LogP contribution in [0, 0.1) is 18.7 Å². The lowest BCUT2D eigenvalue weighted by molar-refractivity contribution is 0.0660. The number of ether oxygens (including phenoxy) is 1. The second-order valence-corrected chi connectivity index (χ2v) is 8.16. The first kappa shape index (κ1) is 21.8. The Morgan fingerprint density at radius 3 is 2.33 bits per heavy atom. The van der Waals surface area contributed by atoms with Crippen molar-refractivity contribution >= 4 is 11.8 Å². The predicted molar refractivity (Wildman–Crippen MR) is 114 cm³/mol. The third-order valence-electron chi connectivity index (χ3n) is 5.34. The number of rotatable bonds is 6. The number of nitrogens with one attached hydrogen (secondary N) is 1. The fourth-order valence-electron chi connectivity index (χ4n) is 3.47. The molecule has 30 heavy (non-hydrogen) atoms. The average molecular weight is 413 g/mol. The molecule has 1 aliphatic rings. The summed E-state index contributed by atoms with van der Waals surface area (Å²) in [4.78, 5) is 26.4. The molecule has 0 spiro atoms. The van der Waals surface area contributed by atoms with Crippen LogP contribution in [-0.4, -0.2) is 42.5 Å². The number of nitrogens with zero attached hydrogens (tertiary/aromatic N) is 1. The topological polar surface area (TPSA) is 58.6 Å². The van der Waals surface area contributed by atoms with E-state index in [-0.39, 0.29) is 23.7 Å². The number of aryl methyl sites for hydroxylation is 1. The lowest BCUT2D eigenvalue weighted by atomic mass is 9.97. The largest absolute Gasteiger partial charge is 0.493 e. The average Bonchev–Trinajstić information content (AvgIpc) is 2.74. The van der Waals surface area contributed by atoms with E-state index in [9.17, 15) is 14.0 Å². The number of piperidine rings is 1. The second kappa shape index (κ2) is 9.74. The van der Waals surface area contributed by atoms with Gasteiger partial charge < -0.3 is 15.0 Å². The first-order valence-electron chi connectivity index (χ1n) is 10.4. The predicted octanol–water partition coefficient (Wildman–Crippen LogP) is 4.20. The Bertz CT molecular complexity index is 888. The molecule has 2 amide bonds. The summed E-state index contributed by atoms with van der Waals surface area (Å²) in [6.45, 7) is 7.37. The van der Waals surface area contributed by atoms with Gasteiger partial charge in [0.1, 0.15) is 11.6 Å². The Morgan fingerprint density at radius 1 is 1.10 bits per heavy atom. The molecule has 3 rings (SSSR count). The van der Waals surface area contributed by atoms with E-state index in [0.29, 0.717) is 42.3 Å². The first-order valence-corrected chi connectivity index (χ1v) is 10.4. The summed E-state index contributed by atoms with van der Waals surface area (Å²) >= 11 is 0. The second-order valence-electron chi connectivity index (χ2n) is 8.16. The van der Waals surface area contributed by atoms with Gasteiger partial charge in [-0.25, -0.2) is 4.39 Å². The van der Waals surface area contributed by atoms with Crippen molar-refractivity contribution in [3.63, 3.8) is 0 Å². The molecule has 5 nitrogen and oxygen atoms in total. The highest BCUT2D eigenvalue weighted by Crippen LogP contribution is 2.22. The maximum absolute atomic E-state index is 13.7. The smallest absolute Gasteiger partial charge is 0.253 e. The molecule has 0 radical (unpaired) electrons. The van der Waals surface area contributed by atoms with Crippen molar-refractivity contribution in [2.24, 2.45) is 5.92 Å². The highest BCUT2D eigenvalue weighted by molar-refractivity contribution is 5.94. The van der Waals surface area contributed by atoms with E-state index in [4.69, 9.17) is 4.74 Å². The molecule has 0 bridgehead atoms. The Balaban J connectivity index is 1.46. The van der Waals surface area contributed by atoms with E-state index < -0.39 is 0 Å². The van der Waals surface area contributed by atoms with Gasteiger partial charge in [0.25, 0.3) is 11.8 Å². The molecule has 2 aromatic carbocycles. The molecule has 1 N–H and O–H groups in total. The molecule has 0 aromatic heterocycles. The van der Waals surface area contributed by atoms with Gasteiger partial charge in [0.05, 0.1) is 6.61 Å². The van der Waals surface area contributed by atoms with E-state index >= 15 is 0 Å². The van der Waals surface area contributed by atoms with E-state index in [0.717, 1.165) is 18.6 Å². The van der Waals surface area contributed by atoms with Gasteiger partial charge in [-0.2, -0.15) is 0 Å². The number of halogens is 1. The van der Waals surface area contributed by atoms with Crippen LogP contribution in [0.2, 0.25) is 0 Å². The van der Waals surface area contributed by atoms with Crippen LogP contribution in [0.3, 0.4) is 0 Å². The third-order valence-corrected chi connectivity index (χ3v) is 5.34. The quantitative estimate of drug-likeness (QED) is 0.774. The minimum atomic E-state index is -0.350. The number of benzene rings is 2. The molecule has 0 aliphatic carbocycles. The fourth-order valence-corrected chi connectivity index (χ4v) is 3.47. The maximum atomic E-state index is 13.7. The van der Waals surface area contributed by atoms with Gasteiger partial charge in [-0.05, 0) is 81.5 Å². The van der Waals surface area contributed by atoms with Gasteiger partial charge in [0.2, 0.25) is 0 Å². The summed E-state index contributed by atoms with van der Waals surface area (Å²) in [5.41, 5.74) is 1.54. The van der Waals surface area contributed by atoms with Gasteiger partial charge in [0, 0.05) is 30.3 Å². The standard InChI is InChI=1S/C24H29FN2O3/c1-16(2)26-23(28)19-6-8-21(9-7-19)30-15-18-10-12-27(13-11-18)24(29)20-5-4-17(3)22(25)14-20/h4-9,14,16,18H,10-13,15H2,1-3H3,(H,26,28). The van der Waals surface area contributed by atoms with Crippen molar-refractivity contribution in [1.82, 2.24) is 10.2 Å². The van der Waals surface area contributed by atoms with Crippen LogP contribution < -0.4 is 10.1 Å². The van der Waals surface area contributed by atoms with E-state index in [1.807, 2.05) is 13.8 Å². The molecule has 160 valence electrons. The molecule has 1 aliphatic heterocycles. The van der Waals surface area contributed by atoms with Crippen molar-refractivity contribution in [2.45, 2.75) is 39.7 Å². The number of hydrogen-bond acceptors (Lipinski definition) is 3. The van der Waals surface area contributed by atoms with Gasteiger partial charge in [-0.15, -0.1) is 0 Å².